The maximum absolute atomic E-state index is 14.0. The number of carbonyl (C=O) groups is 1. The Morgan fingerprint density at radius 2 is 1.96 bits per heavy atom. The smallest absolute Gasteiger partial charge is 0.259 e. The summed E-state index contributed by atoms with van der Waals surface area (Å²) in [6, 6.07) is 1.89. The second-order valence-corrected chi connectivity index (χ2v) is 8.69. The third-order valence-corrected chi connectivity index (χ3v) is 5.79. The molecule has 1 saturated heterocycles. The molecule has 1 aliphatic heterocycles. The number of hydrogen-bond donors (Lipinski definition) is 0. The first kappa shape index (κ1) is 17.4. The van der Waals surface area contributed by atoms with Gasteiger partial charge in [-0.25, -0.2) is 18.3 Å². The molecule has 0 aromatic carbocycles. The molecule has 7 heteroatoms. The zero-order valence-electron chi connectivity index (χ0n) is 15.4. The van der Waals surface area contributed by atoms with Crippen molar-refractivity contribution in [1.82, 2.24) is 19.5 Å². The van der Waals surface area contributed by atoms with E-state index in [0.29, 0.717) is 24.1 Å². The highest BCUT2D eigenvalue weighted by Crippen LogP contribution is 2.49. The molecule has 0 bridgehead atoms. The molecule has 1 saturated carbocycles. The Labute approximate surface area is 151 Å². The molecule has 26 heavy (non-hydrogen) atoms. The van der Waals surface area contributed by atoms with Crippen molar-refractivity contribution in [2.75, 3.05) is 6.54 Å². The molecule has 0 atom stereocenters. The molecule has 2 fully saturated rings. The maximum atomic E-state index is 14.0. The van der Waals surface area contributed by atoms with Gasteiger partial charge in [-0.05, 0) is 25.3 Å². The van der Waals surface area contributed by atoms with E-state index in [-0.39, 0.29) is 30.7 Å². The summed E-state index contributed by atoms with van der Waals surface area (Å²) >= 11 is 0. The molecule has 0 radical (unpaired) electrons. The number of amides is 1. The SMILES string of the molecule is CC(C)(C)c1ccnc2c(C(=O)N3CCC(F)(F)CC34CCC4)cnn12. The molecule has 2 aromatic heterocycles. The molecule has 0 N–H and O–H groups in total. The minimum absolute atomic E-state index is 0.0855. The quantitative estimate of drug-likeness (QED) is 0.775. The minimum atomic E-state index is -2.68. The van der Waals surface area contributed by atoms with Crippen molar-refractivity contribution >= 4 is 11.6 Å². The third-order valence-electron chi connectivity index (χ3n) is 5.79. The van der Waals surface area contributed by atoms with E-state index in [2.05, 4.69) is 30.9 Å². The van der Waals surface area contributed by atoms with Crippen LogP contribution in [0.3, 0.4) is 0 Å². The van der Waals surface area contributed by atoms with Crippen LogP contribution in [0.1, 0.15) is 68.9 Å². The molecule has 3 heterocycles. The van der Waals surface area contributed by atoms with E-state index in [1.54, 1.807) is 15.6 Å². The zero-order chi connectivity index (χ0) is 18.7. The molecule has 2 aromatic rings. The van der Waals surface area contributed by atoms with Gasteiger partial charge in [-0.2, -0.15) is 5.10 Å². The first-order valence-electron chi connectivity index (χ1n) is 9.16. The van der Waals surface area contributed by atoms with Gasteiger partial charge in [-0.1, -0.05) is 20.8 Å². The standard InChI is InChI=1S/C19H24F2N4O/c1-17(2,3)14-5-9-22-15-13(11-23-25(14)15)16(26)24-10-8-19(20,21)12-18(24)6-4-7-18/h5,9,11H,4,6-8,10,12H2,1-3H3. The number of fused-ring (bicyclic) bond motifs is 1. The lowest BCUT2D eigenvalue weighted by atomic mass is 9.69. The monoisotopic (exact) mass is 362 g/mol. The summed E-state index contributed by atoms with van der Waals surface area (Å²) in [6.45, 7) is 6.30. The van der Waals surface area contributed by atoms with Gasteiger partial charge in [0.15, 0.2) is 5.65 Å². The Bertz CT molecular complexity index is 864. The summed E-state index contributed by atoms with van der Waals surface area (Å²) in [6.07, 6.45) is 4.88. The number of alkyl halides is 2. The molecule has 1 aliphatic carbocycles. The predicted molar refractivity (Wildman–Crippen MR) is 93.5 cm³/mol. The summed E-state index contributed by atoms with van der Waals surface area (Å²) in [7, 11) is 0. The lowest BCUT2D eigenvalue weighted by Gasteiger charge is -2.54. The van der Waals surface area contributed by atoms with Gasteiger partial charge in [-0.15, -0.1) is 0 Å². The average Bonchev–Trinajstić information content (AvgIpc) is 2.94. The van der Waals surface area contributed by atoms with E-state index in [9.17, 15) is 13.6 Å². The van der Waals surface area contributed by atoms with E-state index in [1.807, 2.05) is 6.07 Å². The van der Waals surface area contributed by atoms with Crippen LogP contribution in [0.5, 0.6) is 0 Å². The average molecular weight is 362 g/mol. The topological polar surface area (TPSA) is 50.5 Å². The first-order valence-corrected chi connectivity index (χ1v) is 9.16. The van der Waals surface area contributed by atoms with Gasteiger partial charge in [0.25, 0.3) is 11.8 Å². The number of rotatable bonds is 1. The molecule has 4 rings (SSSR count). The number of likely N-dealkylation sites (tertiary alicyclic amines) is 1. The van der Waals surface area contributed by atoms with E-state index in [4.69, 9.17) is 0 Å². The molecule has 1 spiro atoms. The van der Waals surface area contributed by atoms with E-state index < -0.39 is 11.5 Å². The van der Waals surface area contributed by atoms with Crippen LogP contribution in [0.25, 0.3) is 5.65 Å². The lowest BCUT2D eigenvalue weighted by molar-refractivity contribution is -0.125. The van der Waals surface area contributed by atoms with Crippen LogP contribution in [0, 0.1) is 0 Å². The van der Waals surface area contributed by atoms with Gasteiger partial charge in [0.05, 0.1) is 11.9 Å². The molecule has 140 valence electrons. The number of carbonyl (C=O) groups excluding carboxylic acids is 1. The third kappa shape index (κ3) is 2.59. The fourth-order valence-electron chi connectivity index (χ4n) is 4.28. The first-order chi connectivity index (χ1) is 12.1. The Balaban J connectivity index is 1.73. The van der Waals surface area contributed by atoms with Crippen molar-refractivity contribution in [3.63, 3.8) is 0 Å². The van der Waals surface area contributed by atoms with Crippen molar-refractivity contribution < 1.29 is 13.6 Å². The molecule has 1 amide bonds. The Kier molecular flexibility index (Phi) is 3.66. The Hall–Kier alpha value is -2.05. The molecule has 0 unspecified atom stereocenters. The van der Waals surface area contributed by atoms with E-state index in [0.717, 1.165) is 12.1 Å². The van der Waals surface area contributed by atoms with Crippen LogP contribution >= 0.6 is 0 Å². The van der Waals surface area contributed by atoms with E-state index in [1.165, 1.54) is 6.20 Å². The number of halogens is 2. The van der Waals surface area contributed by atoms with Gasteiger partial charge < -0.3 is 4.90 Å². The van der Waals surface area contributed by atoms with Crippen LogP contribution in [-0.2, 0) is 5.41 Å². The molecule has 2 aliphatic rings. The second-order valence-electron chi connectivity index (χ2n) is 8.69. The van der Waals surface area contributed by atoms with Crippen molar-refractivity contribution in [2.24, 2.45) is 0 Å². The fourth-order valence-corrected chi connectivity index (χ4v) is 4.28. The van der Waals surface area contributed by atoms with Gasteiger partial charge in [0.1, 0.15) is 5.56 Å². The van der Waals surface area contributed by atoms with Gasteiger partial charge >= 0.3 is 0 Å². The minimum Gasteiger partial charge on any atom is -0.332 e. The maximum Gasteiger partial charge on any atom is 0.259 e. The van der Waals surface area contributed by atoms with Crippen LogP contribution in [0.15, 0.2) is 18.5 Å². The lowest BCUT2D eigenvalue weighted by Crippen LogP contribution is -2.62. The van der Waals surface area contributed by atoms with E-state index >= 15 is 0 Å². The highest BCUT2D eigenvalue weighted by molar-refractivity contribution is 6.00. The van der Waals surface area contributed by atoms with Crippen molar-refractivity contribution in [1.29, 1.82) is 0 Å². The molecular formula is C19H24F2N4O. The van der Waals surface area contributed by atoms with Crippen LogP contribution < -0.4 is 0 Å². The summed E-state index contributed by atoms with van der Waals surface area (Å²) in [5.74, 6) is -2.91. The predicted octanol–water partition coefficient (Wildman–Crippen LogP) is 3.82. The van der Waals surface area contributed by atoms with Crippen LogP contribution in [-0.4, -0.2) is 43.4 Å². The van der Waals surface area contributed by atoms with Gasteiger partial charge in [0, 0.05) is 36.5 Å². The van der Waals surface area contributed by atoms with Crippen molar-refractivity contribution in [3.8, 4) is 0 Å². The number of aromatic nitrogens is 3. The highest BCUT2D eigenvalue weighted by Gasteiger charge is 2.55. The number of nitrogens with zero attached hydrogens (tertiary/aromatic N) is 4. The van der Waals surface area contributed by atoms with Crippen LogP contribution in [0.4, 0.5) is 8.78 Å². The van der Waals surface area contributed by atoms with Crippen molar-refractivity contribution in [2.45, 2.75) is 69.8 Å². The number of hydrogen-bond acceptors (Lipinski definition) is 3. The Morgan fingerprint density at radius 3 is 2.58 bits per heavy atom. The Morgan fingerprint density at radius 1 is 1.23 bits per heavy atom. The summed E-state index contributed by atoms with van der Waals surface area (Å²) in [4.78, 5) is 19.3. The number of piperidine rings is 1. The normalized spacial score (nSPS) is 21.8. The fraction of sp³-hybridized carbons (Fsp3) is 0.632. The zero-order valence-corrected chi connectivity index (χ0v) is 15.4. The largest absolute Gasteiger partial charge is 0.332 e. The summed E-state index contributed by atoms with van der Waals surface area (Å²) in [5, 5.41) is 4.38. The van der Waals surface area contributed by atoms with Crippen molar-refractivity contribution in [3.05, 3.63) is 29.7 Å². The highest BCUT2D eigenvalue weighted by atomic mass is 19.3. The van der Waals surface area contributed by atoms with Gasteiger partial charge in [-0.3, -0.25) is 4.79 Å². The van der Waals surface area contributed by atoms with Gasteiger partial charge in [0.2, 0.25) is 0 Å². The molecule has 5 nitrogen and oxygen atoms in total. The molecular weight excluding hydrogens is 338 g/mol. The van der Waals surface area contributed by atoms with Crippen LogP contribution in [0.2, 0.25) is 0 Å². The second kappa shape index (κ2) is 5.47. The summed E-state index contributed by atoms with van der Waals surface area (Å²) < 4.78 is 29.6. The summed E-state index contributed by atoms with van der Waals surface area (Å²) in [5.41, 5.74) is 0.983.